The third-order valence-corrected chi connectivity index (χ3v) is 9.63. The minimum absolute atomic E-state index is 0.363. The van der Waals surface area contributed by atoms with E-state index in [-0.39, 0.29) is 0 Å². The molecule has 0 saturated carbocycles. The van der Waals surface area contributed by atoms with Gasteiger partial charge in [0.15, 0.2) is 4.80 Å². The lowest BCUT2D eigenvalue weighted by atomic mass is 10.0. The Hall–Kier alpha value is -2.30. The van der Waals surface area contributed by atoms with Crippen molar-refractivity contribution in [1.82, 2.24) is 13.8 Å². The molecule has 0 spiro atoms. The summed E-state index contributed by atoms with van der Waals surface area (Å²) in [6, 6.07) is 17.4. The number of sulfonamides is 1. The average Bonchev–Trinajstić information content (AvgIpc) is 3.31. The lowest BCUT2D eigenvalue weighted by Gasteiger charge is -2.30. The molecule has 1 atom stereocenters. The molecule has 1 aromatic heterocycles. The minimum atomic E-state index is -3.53. The molecule has 9 heteroatoms. The predicted octanol–water partition coefficient (Wildman–Crippen LogP) is 4.20. The van der Waals surface area contributed by atoms with E-state index in [4.69, 9.17) is 9.73 Å². The van der Waals surface area contributed by atoms with Gasteiger partial charge in [-0.3, -0.25) is 4.90 Å². The van der Waals surface area contributed by atoms with Crippen molar-refractivity contribution in [2.45, 2.75) is 31.2 Å². The molecule has 3 heterocycles. The third kappa shape index (κ3) is 5.81. The Balaban J connectivity index is 1.50. The van der Waals surface area contributed by atoms with Gasteiger partial charge in [0.05, 0.1) is 29.5 Å². The number of para-hydroxylation sites is 1. The van der Waals surface area contributed by atoms with Crippen molar-refractivity contribution in [1.29, 1.82) is 0 Å². The van der Waals surface area contributed by atoms with E-state index >= 15 is 0 Å². The molecule has 0 amide bonds. The Bertz CT molecular complexity index is 1330. The monoisotopic (exact) mass is 526 g/mol. The number of benzene rings is 2. The number of rotatable bonds is 7. The van der Waals surface area contributed by atoms with Gasteiger partial charge < -0.3 is 9.30 Å². The van der Waals surface area contributed by atoms with Gasteiger partial charge in [0.25, 0.3) is 0 Å². The maximum Gasteiger partial charge on any atom is 0.243 e. The second-order valence-electron chi connectivity index (χ2n) is 9.59. The van der Waals surface area contributed by atoms with Crippen LogP contribution in [0.3, 0.4) is 0 Å². The van der Waals surface area contributed by atoms with Gasteiger partial charge in [-0.15, -0.1) is 11.3 Å². The molecule has 5 rings (SSSR count). The van der Waals surface area contributed by atoms with Crippen LogP contribution < -0.4 is 4.80 Å². The molecular weight excluding hydrogens is 492 g/mol. The topological polar surface area (TPSA) is 67.1 Å². The smallest absolute Gasteiger partial charge is 0.243 e. The van der Waals surface area contributed by atoms with E-state index in [1.165, 1.54) is 0 Å². The molecule has 0 bridgehead atoms. The van der Waals surface area contributed by atoms with Gasteiger partial charge in [-0.25, -0.2) is 13.4 Å². The molecule has 2 saturated heterocycles. The minimum Gasteiger partial charge on any atom is -0.379 e. The van der Waals surface area contributed by atoms with Crippen LogP contribution >= 0.6 is 11.3 Å². The average molecular weight is 527 g/mol. The van der Waals surface area contributed by atoms with Crippen LogP contribution in [0.15, 0.2) is 69.9 Å². The Morgan fingerprint density at radius 2 is 1.83 bits per heavy atom. The predicted molar refractivity (Wildman–Crippen MR) is 144 cm³/mol. The Labute approximate surface area is 217 Å². The van der Waals surface area contributed by atoms with Gasteiger partial charge >= 0.3 is 0 Å². The molecule has 2 aliphatic heterocycles. The first-order valence-corrected chi connectivity index (χ1v) is 15.0. The van der Waals surface area contributed by atoms with Gasteiger partial charge in [-0.05, 0) is 43.0 Å². The quantitative estimate of drug-likeness (QED) is 0.463. The van der Waals surface area contributed by atoms with Crippen LogP contribution in [-0.2, 0) is 21.3 Å². The highest BCUT2D eigenvalue weighted by molar-refractivity contribution is 7.89. The van der Waals surface area contributed by atoms with Crippen LogP contribution in [0.25, 0.3) is 11.3 Å². The first-order chi connectivity index (χ1) is 17.5. The molecular formula is C27H34N4O3S2. The molecule has 2 aliphatic rings. The SMILES string of the molecule is CC1CCCN(S(=O)(=O)c2cccc(-c3csc(=Nc4ccccc4)n3CCN3CCOCC3)c2)C1. The number of ether oxygens (including phenoxy) is 1. The molecule has 7 nitrogen and oxygen atoms in total. The number of morpholine rings is 1. The molecule has 2 fully saturated rings. The van der Waals surface area contributed by atoms with E-state index in [9.17, 15) is 8.42 Å². The summed E-state index contributed by atoms with van der Waals surface area (Å²) in [5, 5.41) is 2.09. The Kier molecular flexibility index (Phi) is 8.03. The summed E-state index contributed by atoms with van der Waals surface area (Å²) < 4.78 is 36.3. The standard InChI is InChI=1S/C27H34N4O3S2/c1-22-7-6-12-30(20-22)36(32,33)25-11-5-8-23(19-25)26-21-35-27(28-24-9-3-2-4-10-24)31(26)14-13-29-15-17-34-18-16-29/h2-5,8-11,19,21-22H,6-7,12-18,20H2,1H3. The Morgan fingerprint density at radius 3 is 2.61 bits per heavy atom. The van der Waals surface area contributed by atoms with Crippen LogP contribution in [0, 0.1) is 5.92 Å². The molecule has 0 N–H and O–H groups in total. The zero-order chi connectivity index (χ0) is 25.0. The Morgan fingerprint density at radius 1 is 1.03 bits per heavy atom. The van der Waals surface area contributed by atoms with Crippen molar-refractivity contribution in [2.75, 3.05) is 45.9 Å². The van der Waals surface area contributed by atoms with E-state index in [0.29, 0.717) is 23.9 Å². The number of hydrogen-bond donors (Lipinski definition) is 0. The first-order valence-electron chi connectivity index (χ1n) is 12.7. The zero-order valence-corrected chi connectivity index (χ0v) is 22.4. The van der Waals surface area contributed by atoms with E-state index in [0.717, 1.165) is 74.0 Å². The van der Waals surface area contributed by atoms with Gasteiger partial charge in [-0.1, -0.05) is 37.3 Å². The summed E-state index contributed by atoms with van der Waals surface area (Å²) in [6.45, 7) is 8.33. The molecule has 0 radical (unpaired) electrons. The van der Waals surface area contributed by atoms with Crippen LogP contribution in [0.2, 0.25) is 0 Å². The molecule has 2 aromatic carbocycles. The number of aromatic nitrogens is 1. The van der Waals surface area contributed by atoms with Crippen molar-refractivity contribution in [3.8, 4) is 11.3 Å². The lowest BCUT2D eigenvalue weighted by molar-refractivity contribution is 0.0363. The van der Waals surface area contributed by atoms with Crippen molar-refractivity contribution in [3.63, 3.8) is 0 Å². The van der Waals surface area contributed by atoms with E-state index in [1.54, 1.807) is 21.7 Å². The molecule has 3 aromatic rings. The van der Waals surface area contributed by atoms with Gasteiger partial charge in [0.1, 0.15) is 0 Å². The van der Waals surface area contributed by atoms with Crippen LogP contribution in [0.1, 0.15) is 19.8 Å². The van der Waals surface area contributed by atoms with Crippen LogP contribution in [0.4, 0.5) is 5.69 Å². The number of piperidine rings is 1. The second-order valence-corrected chi connectivity index (χ2v) is 12.4. The summed E-state index contributed by atoms with van der Waals surface area (Å²) in [7, 11) is -3.53. The maximum atomic E-state index is 13.5. The largest absolute Gasteiger partial charge is 0.379 e. The summed E-state index contributed by atoms with van der Waals surface area (Å²) >= 11 is 1.59. The van der Waals surface area contributed by atoms with Crippen molar-refractivity contribution < 1.29 is 13.2 Å². The highest BCUT2D eigenvalue weighted by Gasteiger charge is 2.29. The second kappa shape index (κ2) is 11.4. The summed E-state index contributed by atoms with van der Waals surface area (Å²) in [6.07, 6.45) is 1.99. The fourth-order valence-corrected chi connectivity index (χ4v) is 7.47. The number of thiazole rings is 1. The van der Waals surface area contributed by atoms with Gasteiger partial charge in [0, 0.05) is 50.2 Å². The lowest BCUT2D eigenvalue weighted by Crippen LogP contribution is -2.39. The number of nitrogens with zero attached hydrogens (tertiary/aromatic N) is 4. The van der Waals surface area contributed by atoms with Gasteiger partial charge in [-0.2, -0.15) is 4.31 Å². The molecule has 36 heavy (non-hydrogen) atoms. The normalized spacial score (nSPS) is 20.6. The van der Waals surface area contributed by atoms with E-state index in [1.807, 2.05) is 48.5 Å². The van der Waals surface area contributed by atoms with E-state index < -0.39 is 10.0 Å². The molecule has 192 valence electrons. The zero-order valence-electron chi connectivity index (χ0n) is 20.8. The summed E-state index contributed by atoms with van der Waals surface area (Å²) in [4.78, 5) is 8.59. The molecule has 0 aliphatic carbocycles. The third-order valence-electron chi connectivity index (χ3n) is 6.91. The fourth-order valence-electron chi connectivity index (χ4n) is 4.87. The fraction of sp³-hybridized carbons (Fsp3) is 0.444. The van der Waals surface area contributed by atoms with Gasteiger partial charge in [0.2, 0.25) is 10.0 Å². The molecule has 1 unspecified atom stereocenters. The van der Waals surface area contributed by atoms with Crippen LogP contribution in [0.5, 0.6) is 0 Å². The van der Waals surface area contributed by atoms with Crippen molar-refractivity contribution in [2.24, 2.45) is 10.9 Å². The van der Waals surface area contributed by atoms with E-state index in [2.05, 4.69) is 21.8 Å². The van der Waals surface area contributed by atoms with Crippen LogP contribution in [-0.4, -0.2) is 68.1 Å². The van der Waals surface area contributed by atoms with Crippen molar-refractivity contribution >= 4 is 27.0 Å². The maximum absolute atomic E-state index is 13.5. The first kappa shape index (κ1) is 25.4. The highest BCUT2D eigenvalue weighted by Crippen LogP contribution is 2.28. The summed E-state index contributed by atoms with van der Waals surface area (Å²) in [5.74, 6) is 0.387. The van der Waals surface area contributed by atoms with Crippen molar-refractivity contribution in [3.05, 3.63) is 64.8 Å². The summed E-state index contributed by atoms with van der Waals surface area (Å²) in [5.41, 5.74) is 2.79. The number of hydrogen-bond acceptors (Lipinski definition) is 6. The highest BCUT2D eigenvalue weighted by atomic mass is 32.2.